The predicted octanol–water partition coefficient (Wildman–Crippen LogP) is 5.04. The lowest BCUT2D eigenvalue weighted by Gasteiger charge is -2.14. The van der Waals surface area contributed by atoms with Crippen LogP contribution in [0.5, 0.6) is 0 Å². The summed E-state index contributed by atoms with van der Waals surface area (Å²) in [7, 11) is 4.02. The molecule has 1 N–H and O–H groups in total. The second-order valence-electron chi connectivity index (χ2n) is 7.63. The van der Waals surface area contributed by atoms with Crippen LogP contribution < -0.4 is 10.2 Å². The molecule has 0 radical (unpaired) electrons. The molecular formula is C25H25N5OS. The van der Waals surface area contributed by atoms with Gasteiger partial charge in [0.1, 0.15) is 0 Å². The first-order chi connectivity index (χ1) is 15.5. The summed E-state index contributed by atoms with van der Waals surface area (Å²) in [5, 5.41) is 12.5. The summed E-state index contributed by atoms with van der Waals surface area (Å²) in [4.78, 5) is 14.6. The SMILES string of the molecule is Cc1cccc(NC(=O)CSc2nnc(-c3cccc(N(C)C)c3)n2-c2ccccc2)c1. The number of para-hydroxylation sites is 1. The first-order valence-electron chi connectivity index (χ1n) is 10.3. The van der Waals surface area contributed by atoms with Gasteiger partial charge < -0.3 is 10.2 Å². The van der Waals surface area contributed by atoms with Crippen LogP contribution in [0.3, 0.4) is 0 Å². The Balaban J connectivity index is 1.61. The third-order valence-electron chi connectivity index (χ3n) is 4.90. The summed E-state index contributed by atoms with van der Waals surface area (Å²) in [6, 6.07) is 25.9. The topological polar surface area (TPSA) is 63.1 Å². The van der Waals surface area contributed by atoms with Crippen LogP contribution in [0.15, 0.2) is 84.0 Å². The lowest BCUT2D eigenvalue weighted by atomic mass is 10.1. The number of hydrogen-bond donors (Lipinski definition) is 1. The summed E-state index contributed by atoms with van der Waals surface area (Å²) in [6.45, 7) is 2.00. The van der Waals surface area contributed by atoms with Gasteiger partial charge >= 0.3 is 0 Å². The van der Waals surface area contributed by atoms with Crippen molar-refractivity contribution in [2.24, 2.45) is 0 Å². The smallest absolute Gasteiger partial charge is 0.234 e. The first kappa shape index (κ1) is 21.6. The van der Waals surface area contributed by atoms with Crippen LogP contribution in [0, 0.1) is 6.92 Å². The van der Waals surface area contributed by atoms with Crippen molar-refractivity contribution < 1.29 is 4.79 Å². The van der Waals surface area contributed by atoms with Crippen molar-refractivity contribution in [2.45, 2.75) is 12.1 Å². The number of carbonyl (C=O) groups is 1. The van der Waals surface area contributed by atoms with Gasteiger partial charge in [-0.3, -0.25) is 9.36 Å². The Morgan fingerprint density at radius 2 is 1.75 bits per heavy atom. The highest BCUT2D eigenvalue weighted by atomic mass is 32.2. The number of thioether (sulfide) groups is 1. The van der Waals surface area contributed by atoms with Crippen LogP contribution >= 0.6 is 11.8 Å². The molecule has 6 nitrogen and oxygen atoms in total. The molecule has 4 aromatic rings. The molecule has 32 heavy (non-hydrogen) atoms. The molecule has 0 fully saturated rings. The molecule has 0 aliphatic heterocycles. The molecule has 0 aliphatic carbocycles. The maximum Gasteiger partial charge on any atom is 0.234 e. The molecule has 0 spiro atoms. The van der Waals surface area contributed by atoms with Crippen molar-refractivity contribution in [1.82, 2.24) is 14.8 Å². The molecule has 0 atom stereocenters. The van der Waals surface area contributed by atoms with Crippen LogP contribution in [-0.4, -0.2) is 40.5 Å². The fourth-order valence-corrected chi connectivity index (χ4v) is 4.09. The lowest BCUT2D eigenvalue weighted by molar-refractivity contribution is -0.113. The quantitative estimate of drug-likeness (QED) is 0.406. The van der Waals surface area contributed by atoms with Crippen molar-refractivity contribution >= 4 is 29.0 Å². The fourth-order valence-electron chi connectivity index (χ4n) is 3.33. The number of nitrogens with one attached hydrogen (secondary N) is 1. The summed E-state index contributed by atoms with van der Waals surface area (Å²) < 4.78 is 2.00. The molecule has 162 valence electrons. The van der Waals surface area contributed by atoms with Gasteiger partial charge in [-0.05, 0) is 48.9 Å². The first-order valence-corrected chi connectivity index (χ1v) is 11.3. The Kier molecular flexibility index (Phi) is 6.56. The lowest BCUT2D eigenvalue weighted by Crippen LogP contribution is -2.14. The fraction of sp³-hybridized carbons (Fsp3) is 0.160. The van der Waals surface area contributed by atoms with Gasteiger partial charge in [-0.15, -0.1) is 10.2 Å². The van der Waals surface area contributed by atoms with Crippen LogP contribution in [-0.2, 0) is 4.79 Å². The van der Waals surface area contributed by atoms with Gasteiger partial charge in [0.2, 0.25) is 5.91 Å². The Bertz CT molecular complexity index is 1220. The van der Waals surface area contributed by atoms with Crippen LogP contribution in [0.1, 0.15) is 5.56 Å². The number of amides is 1. The zero-order chi connectivity index (χ0) is 22.5. The molecule has 3 aromatic carbocycles. The van der Waals surface area contributed by atoms with Gasteiger partial charge in [0, 0.05) is 36.7 Å². The highest BCUT2D eigenvalue weighted by molar-refractivity contribution is 7.99. The standard InChI is InChI=1S/C25H25N5OS/c1-18-9-7-11-20(15-18)26-23(31)17-32-25-28-27-24(30(25)21-12-5-4-6-13-21)19-10-8-14-22(16-19)29(2)3/h4-16H,17H2,1-3H3,(H,26,31). The minimum absolute atomic E-state index is 0.0839. The minimum Gasteiger partial charge on any atom is -0.378 e. The van der Waals surface area contributed by atoms with Gasteiger partial charge in [0.05, 0.1) is 5.75 Å². The average molecular weight is 444 g/mol. The number of aromatic nitrogens is 3. The van der Waals surface area contributed by atoms with E-state index in [0.29, 0.717) is 5.16 Å². The highest BCUT2D eigenvalue weighted by Gasteiger charge is 2.18. The molecule has 0 aliphatic rings. The van der Waals surface area contributed by atoms with Gasteiger partial charge in [-0.25, -0.2) is 0 Å². The Labute approximate surface area is 192 Å². The normalized spacial score (nSPS) is 10.7. The monoisotopic (exact) mass is 443 g/mol. The van der Waals surface area contributed by atoms with Crippen LogP contribution in [0.4, 0.5) is 11.4 Å². The molecule has 7 heteroatoms. The maximum atomic E-state index is 12.5. The van der Waals surface area contributed by atoms with Crippen molar-refractivity contribution in [3.05, 3.63) is 84.4 Å². The van der Waals surface area contributed by atoms with Crippen molar-refractivity contribution in [1.29, 1.82) is 0 Å². The Hall–Kier alpha value is -3.58. The molecular weight excluding hydrogens is 418 g/mol. The van der Waals surface area contributed by atoms with Crippen molar-refractivity contribution in [2.75, 3.05) is 30.1 Å². The molecule has 4 rings (SSSR count). The van der Waals surface area contributed by atoms with E-state index in [0.717, 1.165) is 34.0 Å². The van der Waals surface area contributed by atoms with E-state index in [4.69, 9.17) is 0 Å². The predicted molar refractivity (Wildman–Crippen MR) is 132 cm³/mol. The van der Waals surface area contributed by atoms with Gasteiger partial charge in [0.15, 0.2) is 11.0 Å². The van der Waals surface area contributed by atoms with Crippen molar-refractivity contribution in [3.63, 3.8) is 0 Å². The largest absolute Gasteiger partial charge is 0.378 e. The number of anilines is 2. The summed E-state index contributed by atoms with van der Waals surface area (Å²) in [5.41, 5.74) is 4.88. The van der Waals surface area contributed by atoms with E-state index >= 15 is 0 Å². The van der Waals surface area contributed by atoms with Crippen LogP contribution in [0.25, 0.3) is 17.1 Å². The van der Waals surface area contributed by atoms with E-state index in [1.165, 1.54) is 11.8 Å². The van der Waals surface area contributed by atoms with E-state index in [1.54, 1.807) is 0 Å². The van der Waals surface area contributed by atoms with E-state index < -0.39 is 0 Å². The maximum absolute atomic E-state index is 12.5. The average Bonchev–Trinajstić information content (AvgIpc) is 3.22. The number of carbonyl (C=O) groups excluding carboxylic acids is 1. The second kappa shape index (κ2) is 9.70. The summed E-state index contributed by atoms with van der Waals surface area (Å²) in [5.74, 6) is 0.886. The second-order valence-corrected chi connectivity index (χ2v) is 8.57. The molecule has 1 heterocycles. The molecule has 0 bridgehead atoms. The van der Waals surface area contributed by atoms with E-state index in [-0.39, 0.29) is 11.7 Å². The molecule has 0 saturated heterocycles. The van der Waals surface area contributed by atoms with Crippen molar-refractivity contribution in [3.8, 4) is 17.1 Å². The number of nitrogens with zero attached hydrogens (tertiary/aromatic N) is 4. The zero-order valence-electron chi connectivity index (χ0n) is 18.3. The number of benzene rings is 3. The Morgan fingerprint density at radius 1 is 0.969 bits per heavy atom. The van der Waals surface area contributed by atoms with Crippen LogP contribution in [0.2, 0.25) is 0 Å². The van der Waals surface area contributed by atoms with Gasteiger partial charge in [-0.1, -0.05) is 54.2 Å². The highest BCUT2D eigenvalue weighted by Crippen LogP contribution is 2.29. The Morgan fingerprint density at radius 3 is 2.50 bits per heavy atom. The number of hydrogen-bond acceptors (Lipinski definition) is 5. The zero-order valence-corrected chi connectivity index (χ0v) is 19.1. The van der Waals surface area contributed by atoms with E-state index in [2.05, 4.69) is 32.5 Å². The van der Waals surface area contributed by atoms with E-state index in [1.807, 2.05) is 92.3 Å². The summed E-state index contributed by atoms with van der Waals surface area (Å²) >= 11 is 1.37. The molecule has 0 saturated carbocycles. The number of rotatable bonds is 7. The molecule has 1 aromatic heterocycles. The molecule has 1 amide bonds. The summed E-state index contributed by atoms with van der Waals surface area (Å²) in [6.07, 6.45) is 0. The molecule has 0 unspecified atom stereocenters. The number of aryl methyl sites for hydroxylation is 1. The van der Waals surface area contributed by atoms with Gasteiger partial charge in [-0.2, -0.15) is 0 Å². The third-order valence-corrected chi connectivity index (χ3v) is 5.83. The third kappa shape index (κ3) is 5.00. The minimum atomic E-state index is -0.0839. The van der Waals surface area contributed by atoms with Gasteiger partial charge in [0.25, 0.3) is 0 Å². The van der Waals surface area contributed by atoms with E-state index in [9.17, 15) is 4.79 Å².